The van der Waals surface area contributed by atoms with E-state index in [0.717, 1.165) is 34.0 Å². The third-order valence-corrected chi connectivity index (χ3v) is 3.35. The Balaban J connectivity index is 2.14. The first-order chi connectivity index (χ1) is 9.13. The molecule has 0 aliphatic carbocycles. The number of nitrogens with zero attached hydrogens (tertiary/aromatic N) is 2. The number of benzene rings is 1. The maximum atomic E-state index is 5.62. The fourth-order valence-electron chi connectivity index (χ4n) is 2.14. The molecule has 4 nitrogen and oxygen atoms in total. The van der Waals surface area contributed by atoms with Crippen molar-refractivity contribution >= 4 is 15.9 Å². The molecule has 0 unspecified atom stereocenters. The molecule has 0 radical (unpaired) electrons. The van der Waals surface area contributed by atoms with Crippen molar-refractivity contribution in [2.75, 3.05) is 13.2 Å². The number of hydrogen-bond acceptors (Lipinski definition) is 4. The van der Waals surface area contributed by atoms with Crippen LogP contribution in [-0.4, -0.2) is 23.2 Å². The predicted molar refractivity (Wildman–Crippen MR) is 75.6 cm³/mol. The Bertz CT molecular complexity index is 623. The monoisotopic (exact) mass is 320 g/mol. The van der Waals surface area contributed by atoms with E-state index in [-0.39, 0.29) is 0 Å². The van der Waals surface area contributed by atoms with E-state index in [1.807, 2.05) is 32.0 Å². The summed E-state index contributed by atoms with van der Waals surface area (Å²) in [5.41, 5.74) is 3.95. The van der Waals surface area contributed by atoms with Gasteiger partial charge in [0.2, 0.25) is 0 Å². The summed E-state index contributed by atoms with van der Waals surface area (Å²) in [6.07, 6.45) is 0. The van der Waals surface area contributed by atoms with Gasteiger partial charge in [-0.3, -0.25) is 0 Å². The molecule has 0 saturated carbocycles. The zero-order valence-corrected chi connectivity index (χ0v) is 12.3. The molecule has 0 saturated heterocycles. The number of ether oxygens (including phenoxy) is 2. The van der Waals surface area contributed by atoms with E-state index in [0.29, 0.717) is 17.9 Å². The predicted octanol–water partition coefficient (Wildman–Crippen LogP) is 3.29. The lowest BCUT2D eigenvalue weighted by atomic mass is 10.0. The highest BCUT2D eigenvalue weighted by atomic mass is 79.9. The van der Waals surface area contributed by atoms with Gasteiger partial charge in [0.15, 0.2) is 16.2 Å². The molecule has 1 aliphatic rings. The summed E-state index contributed by atoms with van der Waals surface area (Å²) < 4.78 is 11.8. The Morgan fingerprint density at radius 3 is 2.37 bits per heavy atom. The van der Waals surface area contributed by atoms with Gasteiger partial charge in [0.25, 0.3) is 0 Å². The summed E-state index contributed by atoms with van der Waals surface area (Å²) in [6, 6.07) is 5.94. The van der Waals surface area contributed by atoms with Crippen LogP contribution in [0.3, 0.4) is 0 Å². The zero-order valence-electron chi connectivity index (χ0n) is 10.7. The number of rotatable bonds is 1. The van der Waals surface area contributed by atoms with Crippen LogP contribution in [0.25, 0.3) is 11.3 Å². The van der Waals surface area contributed by atoms with E-state index < -0.39 is 0 Å². The highest BCUT2D eigenvalue weighted by Crippen LogP contribution is 2.36. The van der Waals surface area contributed by atoms with Crippen molar-refractivity contribution in [3.63, 3.8) is 0 Å². The number of hydrogen-bond donors (Lipinski definition) is 0. The van der Waals surface area contributed by atoms with E-state index in [1.54, 1.807) is 0 Å². The Morgan fingerprint density at radius 2 is 1.68 bits per heavy atom. The fraction of sp³-hybridized carbons (Fsp3) is 0.286. The smallest absolute Gasteiger partial charge is 0.197 e. The second-order valence-corrected chi connectivity index (χ2v) is 5.18. The zero-order chi connectivity index (χ0) is 13.4. The topological polar surface area (TPSA) is 44.2 Å². The lowest BCUT2D eigenvalue weighted by Gasteiger charge is -2.20. The molecule has 1 aromatic carbocycles. The van der Waals surface area contributed by atoms with Crippen LogP contribution >= 0.6 is 15.9 Å². The normalized spacial score (nSPS) is 13.4. The van der Waals surface area contributed by atoms with Gasteiger partial charge in [-0.15, -0.1) is 0 Å². The molecule has 1 aromatic heterocycles. The first-order valence-electron chi connectivity index (χ1n) is 6.05. The van der Waals surface area contributed by atoms with Gasteiger partial charge >= 0.3 is 0 Å². The third-order valence-electron chi connectivity index (χ3n) is 2.99. The second-order valence-electron chi connectivity index (χ2n) is 4.47. The molecule has 0 amide bonds. The Labute approximate surface area is 119 Å². The summed E-state index contributed by atoms with van der Waals surface area (Å²) in [7, 11) is 0. The summed E-state index contributed by atoms with van der Waals surface area (Å²) in [6.45, 7) is 5.17. The lowest BCUT2D eigenvalue weighted by molar-refractivity contribution is 0.171. The standard InChI is InChI=1S/C14H13BrN2O2/c1-8-5-12-13(19-4-3-18-12)7-10(8)11-6-9(2)16-14(15)17-11/h5-7H,3-4H2,1-2H3. The first-order valence-corrected chi connectivity index (χ1v) is 6.84. The third kappa shape index (κ3) is 2.42. The quantitative estimate of drug-likeness (QED) is 0.756. The highest BCUT2D eigenvalue weighted by Gasteiger charge is 2.16. The molecule has 0 N–H and O–H groups in total. The van der Waals surface area contributed by atoms with E-state index >= 15 is 0 Å². The van der Waals surface area contributed by atoms with Gasteiger partial charge in [-0.05, 0) is 53.5 Å². The largest absolute Gasteiger partial charge is 0.486 e. The van der Waals surface area contributed by atoms with Crippen LogP contribution in [0, 0.1) is 13.8 Å². The second kappa shape index (κ2) is 4.81. The van der Waals surface area contributed by atoms with Gasteiger partial charge in [-0.25, -0.2) is 9.97 Å². The van der Waals surface area contributed by atoms with Gasteiger partial charge in [0.1, 0.15) is 13.2 Å². The van der Waals surface area contributed by atoms with Gasteiger partial charge in [-0.1, -0.05) is 0 Å². The van der Waals surface area contributed by atoms with Crippen LogP contribution in [0.4, 0.5) is 0 Å². The van der Waals surface area contributed by atoms with Gasteiger partial charge in [0, 0.05) is 11.3 Å². The molecular weight excluding hydrogens is 308 g/mol. The van der Waals surface area contributed by atoms with Crippen molar-refractivity contribution in [2.45, 2.75) is 13.8 Å². The average molecular weight is 321 g/mol. The maximum absolute atomic E-state index is 5.62. The molecule has 1 aliphatic heterocycles. The molecule has 3 rings (SSSR count). The summed E-state index contributed by atoms with van der Waals surface area (Å²) in [5.74, 6) is 1.58. The van der Waals surface area contributed by atoms with Crippen molar-refractivity contribution < 1.29 is 9.47 Å². The summed E-state index contributed by atoms with van der Waals surface area (Å²) in [4.78, 5) is 8.65. The van der Waals surface area contributed by atoms with Crippen LogP contribution < -0.4 is 9.47 Å². The number of aromatic nitrogens is 2. The number of fused-ring (bicyclic) bond motifs is 1. The van der Waals surface area contributed by atoms with Crippen LogP contribution in [0.1, 0.15) is 11.3 Å². The van der Waals surface area contributed by atoms with Gasteiger partial charge in [0.05, 0.1) is 5.69 Å². The molecule has 5 heteroatoms. The van der Waals surface area contributed by atoms with Crippen molar-refractivity contribution in [1.82, 2.24) is 9.97 Å². The molecular formula is C14H13BrN2O2. The Kier molecular flexibility index (Phi) is 3.14. The van der Waals surface area contributed by atoms with E-state index in [9.17, 15) is 0 Å². The maximum Gasteiger partial charge on any atom is 0.197 e. The molecule has 0 fully saturated rings. The molecule has 2 heterocycles. The van der Waals surface area contributed by atoms with Crippen LogP contribution in [-0.2, 0) is 0 Å². The van der Waals surface area contributed by atoms with Crippen molar-refractivity contribution in [2.24, 2.45) is 0 Å². The number of halogens is 1. The Hall–Kier alpha value is -1.62. The number of aryl methyl sites for hydroxylation is 2. The van der Waals surface area contributed by atoms with Crippen molar-refractivity contribution in [3.8, 4) is 22.8 Å². The van der Waals surface area contributed by atoms with E-state index in [4.69, 9.17) is 9.47 Å². The van der Waals surface area contributed by atoms with Crippen molar-refractivity contribution in [1.29, 1.82) is 0 Å². The van der Waals surface area contributed by atoms with Crippen LogP contribution in [0.15, 0.2) is 22.9 Å². The summed E-state index contributed by atoms with van der Waals surface area (Å²) >= 11 is 3.33. The fourth-order valence-corrected chi connectivity index (χ4v) is 2.61. The minimum atomic E-state index is 0.585. The molecule has 19 heavy (non-hydrogen) atoms. The van der Waals surface area contributed by atoms with Crippen molar-refractivity contribution in [3.05, 3.63) is 34.2 Å². The minimum absolute atomic E-state index is 0.585. The van der Waals surface area contributed by atoms with Gasteiger partial charge < -0.3 is 9.47 Å². The minimum Gasteiger partial charge on any atom is -0.486 e. The van der Waals surface area contributed by atoms with Crippen LogP contribution in [0.5, 0.6) is 11.5 Å². The molecule has 2 aromatic rings. The van der Waals surface area contributed by atoms with Crippen LogP contribution in [0.2, 0.25) is 0 Å². The molecule has 0 spiro atoms. The van der Waals surface area contributed by atoms with E-state index in [1.165, 1.54) is 0 Å². The molecule has 0 bridgehead atoms. The highest BCUT2D eigenvalue weighted by molar-refractivity contribution is 9.10. The SMILES string of the molecule is Cc1cc(-c2cc3c(cc2C)OCCO3)nc(Br)n1. The first kappa shape index (κ1) is 12.4. The molecule has 0 atom stereocenters. The average Bonchev–Trinajstić information content (AvgIpc) is 2.36. The Morgan fingerprint density at radius 1 is 1.00 bits per heavy atom. The van der Waals surface area contributed by atoms with E-state index in [2.05, 4.69) is 25.9 Å². The molecule has 98 valence electrons. The summed E-state index contributed by atoms with van der Waals surface area (Å²) in [5, 5.41) is 0. The lowest BCUT2D eigenvalue weighted by Crippen LogP contribution is -2.15. The van der Waals surface area contributed by atoms with Gasteiger partial charge in [-0.2, -0.15) is 0 Å².